The molecule has 1 amide bonds. The first kappa shape index (κ1) is 13.6. The fraction of sp³-hybridized carbons (Fsp3) is 0.143. The van der Waals surface area contributed by atoms with E-state index in [4.69, 9.17) is 20.1 Å². The summed E-state index contributed by atoms with van der Waals surface area (Å²) in [6, 6.07) is 9.93. The van der Waals surface area contributed by atoms with Crippen LogP contribution in [0, 0.1) is 11.3 Å². The van der Waals surface area contributed by atoms with Crippen molar-refractivity contribution in [1.82, 2.24) is 0 Å². The highest BCUT2D eigenvalue weighted by molar-refractivity contribution is 6.03. The summed E-state index contributed by atoms with van der Waals surface area (Å²) >= 11 is 0. The number of nitrogens with one attached hydrogen (secondary N) is 1. The maximum Gasteiger partial charge on any atom is 0.291 e. The number of carbonyl (C=O) groups excluding carboxylic acids is 1. The topological polar surface area (TPSA) is 101 Å². The fourth-order valence-electron chi connectivity index (χ4n) is 1.66. The third-order valence-electron chi connectivity index (χ3n) is 2.67. The molecule has 6 nitrogen and oxygen atoms in total. The number of rotatable bonds is 4. The number of nitriles is 1. The van der Waals surface area contributed by atoms with Gasteiger partial charge in [0.25, 0.3) is 5.91 Å². The van der Waals surface area contributed by atoms with Gasteiger partial charge in [0, 0.05) is 6.07 Å². The van der Waals surface area contributed by atoms with Crippen LogP contribution in [-0.2, 0) is 6.54 Å². The van der Waals surface area contributed by atoms with Crippen LogP contribution in [-0.4, -0.2) is 13.0 Å². The quantitative estimate of drug-likeness (QED) is 0.883. The lowest BCUT2D eigenvalue weighted by atomic mass is 10.2. The average Bonchev–Trinajstić information content (AvgIpc) is 2.96. The van der Waals surface area contributed by atoms with Gasteiger partial charge in [-0.05, 0) is 24.3 Å². The number of hydrogen-bond acceptors (Lipinski definition) is 5. The zero-order valence-corrected chi connectivity index (χ0v) is 10.8. The predicted molar refractivity (Wildman–Crippen MR) is 72.3 cm³/mol. The highest BCUT2D eigenvalue weighted by Gasteiger charge is 2.13. The van der Waals surface area contributed by atoms with E-state index < -0.39 is 5.91 Å². The Labute approximate surface area is 115 Å². The molecular formula is C14H13N3O3. The van der Waals surface area contributed by atoms with E-state index in [-0.39, 0.29) is 12.3 Å². The van der Waals surface area contributed by atoms with E-state index in [1.54, 1.807) is 30.3 Å². The summed E-state index contributed by atoms with van der Waals surface area (Å²) in [4.78, 5) is 12.0. The van der Waals surface area contributed by atoms with Gasteiger partial charge < -0.3 is 20.2 Å². The molecule has 0 saturated heterocycles. The van der Waals surface area contributed by atoms with Gasteiger partial charge in [0.2, 0.25) is 0 Å². The second-order valence-corrected chi connectivity index (χ2v) is 3.95. The molecule has 2 aromatic rings. The Hall–Kier alpha value is -2.78. The van der Waals surface area contributed by atoms with E-state index >= 15 is 0 Å². The van der Waals surface area contributed by atoms with Crippen molar-refractivity contribution in [1.29, 1.82) is 5.26 Å². The maximum absolute atomic E-state index is 12.0. The van der Waals surface area contributed by atoms with Crippen molar-refractivity contribution in [2.45, 2.75) is 6.54 Å². The molecule has 2 rings (SSSR count). The lowest BCUT2D eigenvalue weighted by Gasteiger charge is -2.09. The highest BCUT2D eigenvalue weighted by Crippen LogP contribution is 2.26. The summed E-state index contributed by atoms with van der Waals surface area (Å²) in [6.07, 6.45) is 0. The van der Waals surface area contributed by atoms with Crippen LogP contribution in [0.1, 0.15) is 21.9 Å². The summed E-state index contributed by atoms with van der Waals surface area (Å²) in [6.45, 7) is 0.230. The molecule has 1 heterocycles. The van der Waals surface area contributed by atoms with Gasteiger partial charge in [-0.1, -0.05) is 0 Å². The lowest BCUT2D eigenvalue weighted by Crippen LogP contribution is -2.12. The molecule has 0 saturated carbocycles. The second kappa shape index (κ2) is 5.91. The number of nitrogens with zero attached hydrogens (tertiary/aromatic N) is 1. The Morgan fingerprint density at radius 1 is 1.45 bits per heavy atom. The number of hydrogen-bond donors (Lipinski definition) is 2. The molecule has 102 valence electrons. The summed E-state index contributed by atoms with van der Waals surface area (Å²) in [5.41, 5.74) is 6.33. The SMILES string of the molecule is COc1cc(C#N)ccc1NC(=O)c1ccc(CN)o1. The Balaban J connectivity index is 2.21. The van der Waals surface area contributed by atoms with Gasteiger partial charge in [0.15, 0.2) is 5.76 Å². The fourth-order valence-corrected chi connectivity index (χ4v) is 1.66. The Bertz CT molecular complexity index is 671. The Kier molecular flexibility index (Phi) is 4.03. The molecule has 0 aliphatic rings. The number of ether oxygens (including phenoxy) is 1. The molecule has 20 heavy (non-hydrogen) atoms. The van der Waals surface area contributed by atoms with Gasteiger partial charge in [0.1, 0.15) is 11.5 Å². The molecule has 0 atom stereocenters. The first-order chi connectivity index (χ1) is 9.67. The number of furan rings is 1. The molecule has 0 spiro atoms. The molecule has 0 unspecified atom stereocenters. The number of nitrogens with two attached hydrogens (primary N) is 1. The summed E-state index contributed by atoms with van der Waals surface area (Å²) in [5.74, 6) is 0.689. The van der Waals surface area contributed by atoms with E-state index in [1.807, 2.05) is 6.07 Å². The number of carbonyl (C=O) groups is 1. The zero-order valence-electron chi connectivity index (χ0n) is 10.8. The van der Waals surface area contributed by atoms with Crippen molar-refractivity contribution in [3.8, 4) is 11.8 Å². The van der Waals surface area contributed by atoms with Crippen LogP contribution in [0.3, 0.4) is 0 Å². The van der Waals surface area contributed by atoms with E-state index in [2.05, 4.69) is 5.32 Å². The van der Waals surface area contributed by atoms with E-state index in [0.717, 1.165) is 0 Å². The summed E-state index contributed by atoms with van der Waals surface area (Å²) in [7, 11) is 1.46. The van der Waals surface area contributed by atoms with Crippen molar-refractivity contribution in [3.63, 3.8) is 0 Å². The smallest absolute Gasteiger partial charge is 0.291 e. The monoisotopic (exact) mass is 271 g/mol. The van der Waals surface area contributed by atoms with Gasteiger partial charge in [-0.25, -0.2) is 0 Å². The van der Waals surface area contributed by atoms with E-state index in [9.17, 15) is 4.79 Å². The minimum absolute atomic E-state index is 0.164. The number of anilines is 1. The van der Waals surface area contributed by atoms with Gasteiger partial charge in [0.05, 0.1) is 31.0 Å². The predicted octanol–water partition coefficient (Wildman–Crippen LogP) is 1.87. The molecule has 6 heteroatoms. The third kappa shape index (κ3) is 2.79. The molecule has 1 aromatic carbocycles. The van der Waals surface area contributed by atoms with Crippen molar-refractivity contribution in [3.05, 3.63) is 47.4 Å². The van der Waals surface area contributed by atoms with Gasteiger partial charge in [-0.3, -0.25) is 4.79 Å². The zero-order chi connectivity index (χ0) is 14.5. The number of benzene rings is 1. The van der Waals surface area contributed by atoms with Crippen LogP contribution in [0.5, 0.6) is 5.75 Å². The average molecular weight is 271 g/mol. The molecule has 0 bridgehead atoms. The largest absolute Gasteiger partial charge is 0.495 e. The maximum atomic E-state index is 12.0. The van der Waals surface area contributed by atoms with Crippen molar-refractivity contribution in [2.24, 2.45) is 5.73 Å². The molecule has 0 aliphatic carbocycles. The van der Waals surface area contributed by atoms with Crippen LogP contribution in [0.2, 0.25) is 0 Å². The highest BCUT2D eigenvalue weighted by atomic mass is 16.5. The minimum Gasteiger partial charge on any atom is -0.495 e. The molecule has 0 fully saturated rings. The molecular weight excluding hydrogens is 258 g/mol. The molecule has 0 aliphatic heterocycles. The standard InChI is InChI=1S/C14H13N3O3/c1-19-13-6-9(7-15)2-4-11(13)17-14(18)12-5-3-10(8-16)20-12/h2-6H,8,16H2,1H3,(H,17,18). The van der Waals surface area contributed by atoms with Crippen LogP contribution in [0.25, 0.3) is 0 Å². The number of methoxy groups -OCH3 is 1. The summed E-state index contributed by atoms with van der Waals surface area (Å²) in [5, 5.41) is 11.5. The third-order valence-corrected chi connectivity index (χ3v) is 2.67. The van der Waals surface area contributed by atoms with E-state index in [0.29, 0.717) is 22.8 Å². The molecule has 3 N–H and O–H groups in total. The van der Waals surface area contributed by atoms with E-state index in [1.165, 1.54) is 7.11 Å². The van der Waals surface area contributed by atoms with Crippen LogP contribution >= 0.6 is 0 Å². The van der Waals surface area contributed by atoms with Gasteiger partial charge >= 0.3 is 0 Å². The summed E-state index contributed by atoms with van der Waals surface area (Å²) < 4.78 is 10.4. The second-order valence-electron chi connectivity index (χ2n) is 3.95. The lowest BCUT2D eigenvalue weighted by molar-refractivity contribution is 0.0994. The van der Waals surface area contributed by atoms with Crippen LogP contribution < -0.4 is 15.8 Å². The van der Waals surface area contributed by atoms with Crippen molar-refractivity contribution < 1.29 is 13.9 Å². The van der Waals surface area contributed by atoms with Crippen LogP contribution in [0.4, 0.5) is 5.69 Å². The first-order valence-electron chi connectivity index (χ1n) is 5.86. The minimum atomic E-state index is -0.410. The Morgan fingerprint density at radius 2 is 2.25 bits per heavy atom. The van der Waals surface area contributed by atoms with Crippen molar-refractivity contribution >= 4 is 11.6 Å². The van der Waals surface area contributed by atoms with Crippen molar-refractivity contribution in [2.75, 3.05) is 12.4 Å². The van der Waals surface area contributed by atoms with Crippen LogP contribution in [0.15, 0.2) is 34.7 Å². The van der Waals surface area contributed by atoms with Gasteiger partial charge in [-0.15, -0.1) is 0 Å². The van der Waals surface area contributed by atoms with Gasteiger partial charge in [-0.2, -0.15) is 5.26 Å². The first-order valence-corrected chi connectivity index (χ1v) is 5.86. The molecule has 1 aromatic heterocycles. The Morgan fingerprint density at radius 3 is 2.85 bits per heavy atom. The molecule has 0 radical (unpaired) electrons. The normalized spacial score (nSPS) is 9.85. The number of amides is 1.